The Bertz CT molecular complexity index is 925. The van der Waals surface area contributed by atoms with Crippen LogP contribution in [0.25, 0.3) is 0 Å². The lowest BCUT2D eigenvalue weighted by Gasteiger charge is -2.16. The van der Waals surface area contributed by atoms with E-state index in [1.54, 1.807) is 26.4 Å². The Morgan fingerprint density at radius 3 is 2.48 bits per heavy atom. The van der Waals surface area contributed by atoms with Gasteiger partial charge >= 0.3 is 0 Å². The van der Waals surface area contributed by atoms with Crippen LogP contribution in [0.2, 0.25) is 0 Å². The van der Waals surface area contributed by atoms with Gasteiger partial charge in [0.1, 0.15) is 12.9 Å². The van der Waals surface area contributed by atoms with Gasteiger partial charge in [0.2, 0.25) is 17.6 Å². The number of benzene rings is 2. The van der Waals surface area contributed by atoms with Gasteiger partial charge in [-0.3, -0.25) is 4.79 Å². The molecule has 1 aromatic heterocycles. The Labute approximate surface area is 156 Å². The van der Waals surface area contributed by atoms with E-state index in [4.69, 9.17) is 14.2 Å². The highest BCUT2D eigenvalue weighted by atomic mass is 16.5. The maximum Gasteiger partial charge on any atom is 0.247 e. The van der Waals surface area contributed by atoms with E-state index in [1.807, 2.05) is 30.3 Å². The topological polar surface area (TPSA) is 87.5 Å². The van der Waals surface area contributed by atoms with Crippen molar-refractivity contribution >= 4 is 17.5 Å². The first-order valence-electron chi connectivity index (χ1n) is 8.23. The highest BCUT2D eigenvalue weighted by Crippen LogP contribution is 2.41. The smallest absolute Gasteiger partial charge is 0.247 e. The third kappa shape index (κ3) is 4.35. The Balaban J connectivity index is 1.86. The standard InChI is InChI=1S/C19H20N4O4/c1-13(24)23-12-20-19(22-23)21-15-9-16(25-2)18(26-3)17(10-15)27-11-14-7-5-4-6-8-14/h4-10,12H,11H2,1-3H3,(H,21,22). The Morgan fingerprint density at radius 1 is 1.11 bits per heavy atom. The molecule has 0 fully saturated rings. The maximum atomic E-state index is 11.3. The van der Waals surface area contributed by atoms with Crippen molar-refractivity contribution in [2.45, 2.75) is 13.5 Å². The third-order valence-corrected chi connectivity index (χ3v) is 3.75. The summed E-state index contributed by atoms with van der Waals surface area (Å²) in [6.45, 7) is 1.78. The predicted octanol–water partition coefficient (Wildman–Crippen LogP) is 3.28. The number of aromatic nitrogens is 3. The number of carbonyl (C=O) groups is 1. The van der Waals surface area contributed by atoms with Gasteiger partial charge in [-0.2, -0.15) is 9.67 Å². The number of nitrogens with zero attached hydrogens (tertiary/aromatic N) is 3. The van der Waals surface area contributed by atoms with E-state index in [-0.39, 0.29) is 11.9 Å². The molecule has 0 radical (unpaired) electrons. The number of nitrogens with one attached hydrogen (secondary N) is 1. The molecule has 8 heteroatoms. The molecule has 3 aromatic rings. The van der Waals surface area contributed by atoms with E-state index in [0.29, 0.717) is 29.5 Å². The van der Waals surface area contributed by atoms with Crippen molar-refractivity contribution in [1.29, 1.82) is 0 Å². The minimum absolute atomic E-state index is 0.227. The van der Waals surface area contributed by atoms with E-state index in [2.05, 4.69) is 15.4 Å². The molecule has 3 rings (SSSR count). The first-order valence-corrected chi connectivity index (χ1v) is 8.23. The first-order chi connectivity index (χ1) is 13.1. The van der Waals surface area contributed by atoms with E-state index in [9.17, 15) is 4.79 Å². The zero-order valence-corrected chi connectivity index (χ0v) is 15.3. The van der Waals surface area contributed by atoms with Crippen LogP contribution in [0.4, 0.5) is 11.6 Å². The van der Waals surface area contributed by atoms with Crippen LogP contribution >= 0.6 is 0 Å². The average molecular weight is 368 g/mol. The molecule has 0 saturated carbocycles. The summed E-state index contributed by atoms with van der Waals surface area (Å²) in [5.41, 5.74) is 1.66. The van der Waals surface area contributed by atoms with Crippen molar-refractivity contribution in [3.05, 3.63) is 54.4 Å². The van der Waals surface area contributed by atoms with Crippen molar-refractivity contribution in [2.75, 3.05) is 19.5 Å². The van der Waals surface area contributed by atoms with Gasteiger partial charge < -0.3 is 19.5 Å². The van der Waals surface area contributed by atoms with Crippen molar-refractivity contribution < 1.29 is 19.0 Å². The van der Waals surface area contributed by atoms with Crippen LogP contribution in [0, 0.1) is 0 Å². The molecule has 140 valence electrons. The van der Waals surface area contributed by atoms with E-state index in [0.717, 1.165) is 10.2 Å². The Kier molecular flexibility index (Phi) is 5.55. The van der Waals surface area contributed by atoms with Crippen LogP contribution in [-0.2, 0) is 6.61 Å². The van der Waals surface area contributed by atoms with Crippen LogP contribution in [0.1, 0.15) is 17.3 Å². The van der Waals surface area contributed by atoms with Gasteiger partial charge in [-0.1, -0.05) is 30.3 Å². The normalized spacial score (nSPS) is 10.3. The highest BCUT2D eigenvalue weighted by Gasteiger charge is 2.15. The number of methoxy groups -OCH3 is 2. The molecular formula is C19H20N4O4. The number of rotatable bonds is 7. The van der Waals surface area contributed by atoms with E-state index >= 15 is 0 Å². The van der Waals surface area contributed by atoms with Crippen molar-refractivity contribution in [2.24, 2.45) is 0 Å². The molecule has 0 atom stereocenters. The van der Waals surface area contributed by atoms with E-state index < -0.39 is 0 Å². The molecule has 2 aromatic carbocycles. The minimum atomic E-state index is -0.227. The van der Waals surface area contributed by atoms with Gasteiger partial charge in [0.05, 0.1) is 14.2 Å². The molecule has 0 aliphatic carbocycles. The highest BCUT2D eigenvalue weighted by molar-refractivity contribution is 5.75. The van der Waals surface area contributed by atoms with Gasteiger partial charge in [-0.25, -0.2) is 0 Å². The molecule has 0 amide bonds. The summed E-state index contributed by atoms with van der Waals surface area (Å²) in [7, 11) is 3.10. The second-order valence-corrected chi connectivity index (χ2v) is 5.64. The predicted molar refractivity (Wildman–Crippen MR) is 99.9 cm³/mol. The third-order valence-electron chi connectivity index (χ3n) is 3.75. The van der Waals surface area contributed by atoms with Gasteiger partial charge in [0.25, 0.3) is 0 Å². The Morgan fingerprint density at radius 2 is 1.85 bits per heavy atom. The van der Waals surface area contributed by atoms with Gasteiger partial charge in [-0.05, 0) is 5.56 Å². The lowest BCUT2D eigenvalue weighted by Crippen LogP contribution is -2.06. The van der Waals surface area contributed by atoms with Crippen LogP contribution in [0.5, 0.6) is 17.2 Å². The molecular weight excluding hydrogens is 348 g/mol. The second-order valence-electron chi connectivity index (χ2n) is 5.64. The zero-order chi connectivity index (χ0) is 19.2. The summed E-state index contributed by atoms with van der Waals surface area (Å²) < 4.78 is 17.9. The number of hydrogen-bond acceptors (Lipinski definition) is 7. The molecule has 0 bridgehead atoms. The summed E-state index contributed by atoms with van der Waals surface area (Å²) in [5, 5.41) is 7.09. The molecule has 0 aliphatic heterocycles. The summed E-state index contributed by atoms with van der Waals surface area (Å²) in [6.07, 6.45) is 1.35. The Hall–Kier alpha value is -3.55. The summed E-state index contributed by atoms with van der Waals surface area (Å²) in [5.74, 6) is 1.55. The molecule has 0 saturated heterocycles. The average Bonchev–Trinajstić information content (AvgIpc) is 3.15. The summed E-state index contributed by atoms with van der Waals surface area (Å²) in [4.78, 5) is 15.4. The zero-order valence-electron chi connectivity index (χ0n) is 15.3. The van der Waals surface area contributed by atoms with Crippen molar-refractivity contribution in [1.82, 2.24) is 14.8 Å². The number of ether oxygens (including phenoxy) is 3. The van der Waals surface area contributed by atoms with Crippen LogP contribution in [0.3, 0.4) is 0 Å². The van der Waals surface area contributed by atoms with Crippen molar-refractivity contribution in [3.63, 3.8) is 0 Å². The fraction of sp³-hybridized carbons (Fsp3) is 0.211. The SMILES string of the molecule is COc1cc(Nc2ncn(C(C)=O)n2)cc(OCc2ccccc2)c1OC. The van der Waals surface area contributed by atoms with Crippen LogP contribution in [0.15, 0.2) is 48.8 Å². The van der Waals surface area contributed by atoms with E-state index in [1.165, 1.54) is 13.3 Å². The molecule has 27 heavy (non-hydrogen) atoms. The maximum absolute atomic E-state index is 11.3. The number of anilines is 2. The molecule has 1 heterocycles. The van der Waals surface area contributed by atoms with Crippen LogP contribution < -0.4 is 19.5 Å². The van der Waals surface area contributed by atoms with Crippen molar-refractivity contribution in [3.8, 4) is 17.2 Å². The van der Waals surface area contributed by atoms with Gasteiger partial charge in [0.15, 0.2) is 11.5 Å². The quantitative estimate of drug-likeness (QED) is 0.685. The summed E-state index contributed by atoms with van der Waals surface area (Å²) in [6, 6.07) is 13.3. The lowest BCUT2D eigenvalue weighted by molar-refractivity contribution is 0.0921. The van der Waals surface area contributed by atoms with Crippen LogP contribution in [-0.4, -0.2) is 34.9 Å². The molecule has 0 spiro atoms. The number of hydrogen-bond donors (Lipinski definition) is 1. The second kappa shape index (κ2) is 8.22. The minimum Gasteiger partial charge on any atom is -0.493 e. The monoisotopic (exact) mass is 368 g/mol. The molecule has 1 N–H and O–H groups in total. The molecule has 8 nitrogen and oxygen atoms in total. The van der Waals surface area contributed by atoms with Gasteiger partial charge in [-0.15, -0.1) is 5.10 Å². The summed E-state index contributed by atoms with van der Waals surface area (Å²) >= 11 is 0. The fourth-order valence-electron chi connectivity index (χ4n) is 2.45. The number of carbonyl (C=O) groups excluding carboxylic acids is 1. The fourth-order valence-corrected chi connectivity index (χ4v) is 2.45. The van der Waals surface area contributed by atoms with Gasteiger partial charge in [0, 0.05) is 24.7 Å². The molecule has 0 aliphatic rings. The lowest BCUT2D eigenvalue weighted by atomic mass is 10.2. The molecule has 0 unspecified atom stereocenters. The first kappa shape index (κ1) is 18.2. The largest absolute Gasteiger partial charge is 0.493 e.